The maximum atomic E-state index is 3.79. The van der Waals surface area contributed by atoms with Gasteiger partial charge in [0, 0.05) is 0 Å². The molecule has 0 fully saturated rings. The first kappa shape index (κ1) is 17.5. The van der Waals surface area contributed by atoms with E-state index >= 15 is 0 Å². The van der Waals surface area contributed by atoms with Gasteiger partial charge in [-0.15, -0.1) is 13.2 Å². The Morgan fingerprint density at radius 2 is 0.917 bits per heavy atom. The minimum absolute atomic E-state index is 1.09. The second-order valence-electron chi connectivity index (χ2n) is 2.41. The molecule has 0 spiro atoms. The Morgan fingerprint density at radius 3 is 1.00 bits per heavy atom. The molecular weight excluding hydrogens is 144 g/mol. The van der Waals surface area contributed by atoms with Crippen molar-refractivity contribution in [2.24, 2.45) is 0 Å². The Balaban J connectivity index is -0.000000175. The largest absolute Gasteiger partial charge is 0.100 e. The van der Waals surface area contributed by atoms with E-state index in [1.54, 1.807) is 0 Å². The van der Waals surface area contributed by atoms with Gasteiger partial charge in [0.25, 0.3) is 0 Å². The number of hydrogen-bond donors (Lipinski definition) is 0. The van der Waals surface area contributed by atoms with E-state index in [-0.39, 0.29) is 0 Å². The number of hydrogen-bond acceptors (Lipinski definition) is 0. The van der Waals surface area contributed by atoms with Gasteiger partial charge in [0.2, 0.25) is 0 Å². The molecule has 0 aliphatic rings. The molecule has 0 heterocycles. The van der Waals surface area contributed by atoms with Crippen LogP contribution in [0.4, 0.5) is 0 Å². The van der Waals surface area contributed by atoms with Crippen molar-refractivity contribution < 1.29 is 0 Å². The lowest BCUT2D eigenvalue weighted by molar-refractivity contribution is 0.933. The summed E-state index contributed by atoms with van der Waals surface area (Å²) < 4.78 is 0. The van der Waals surface area contributed by atoms with Gasteiger partial charge in [-0.1, -0.05) is 38.8 Å². The molecule has 0 N–H and O–H groups in total. The Kier molecular flexibility index (Phi) is 24.6. The molecule has 0 radical (unpaired) electrons. The third-order valence-electron chi connectivity index (χ3n) is 0.979. The van der Waals surface area contributed by atoms with Crippen molar-refractivity contribution in [3.8, 4) is 0 Å². The van der Waals surface area contributed by atoms with Crippen LogP contribution in [-0.4, -0.2) is 0 Å². The smallest absolute Gasteiger partial charge is 0.0289 e. The highest BCUT2D eigenvalue weighted by Crippen LogP contribution is 2.05. The molecule has 0 unspecified atom stereocenters. The molecule has 0 amide bonds. The lowest BCUT2D eigenvalue weighted by atomic mass is 10.1. The summed E-state index contributed by atoms with van der Waals surface area (Å²) in [4.78, 5) is 0. The van der Waals surface area contributed by atoms with Crippen LogP contribution in [0.2, 0.25) is 0 Å². The third-order valence-corrected chi connectivity index (χ3v) is 0.979. The van der Waals surface area contributed by atoms with Crippen molar-refractivity contribution >= 4 is 0 Å². The van der Waals surface area contributed by atoms with Gasteiger partial charge in [-0.25, -0.2) is 0 Å². The summed E-state index contributed by atoms with van der Waals surface area (Å²) in [5, 5.41) is 0. The SMILES string of the molecule is C=C(C)CCC(=C)C.CC.CC. The molecule has 0 aliphatic heterocycles. The Bertz CT molecular complexity index is 84.6. The quantitative estimate of drug-likeness (QED) is 0.524. The van der Waals surface area contributed by atoms with Crippen LogP contribution < -0.4 is 0 Å². The van der Waals surface area contributed by atoms with E-state index in [2.05, 4.69) is 13.2 Å². The highest BCUT2D eigenvalue weighted by atomic mass is 13.9. The van der Waals surface area contributed by atoms with E-state index in [1.165, 1.54) is 11.1 Å². The maximum absolute atomic E-state index is 3.79. The molecule has 12 heavy (non-hydrogen) atoms. The lowest BCUT2D eigenvalue weighted by Crippen LogP contribution is -1.75. The highest BCUT2D eigenvalue weighted by Gasteiger charge is 1.85. The predicted molar refractivity (Wildman–Crippen MR) is 61.6 cm³/mol. The molecule has 0 rings (SSSR count). The van der Waals surface area contributed by atoms with Crippen LogP contribution in [0.1, 0.15) is 54.4 Å². The second kappa shape index (κ2) is 16.8. The van der Waals surface area contributed by atoms with Crippen molar-refractivity contribution in [3.63, 3.8) is 0 Å². The maximum Gasteiger partial charge on any atom is -0.0289 e. The predicted octanol–water partition coefficient (Wildman–Crippen LogP) is 4.97. The van der Waals surface area contributed by atoms with Crippen molar-refractivity contribution in [2.75, 3.05) is 0 Å². The van der Waals surface area contributed by atoms with Gasteiger partial charge in [0.15, 0.2) is 0 Å². The standard InChI is InChI=1S/C8H14.2C2H6/c1-7(2)5-6-8(3)4;2*1-2/h1,3,5-6H2,2,4H3;2*1-2H3. The van der Waals surface area contributed by atoms with E-state index in [9.17, 15) is 0 Å². The number of rotatable bonds is 3. The van der Waals surface area contributed by atoms with E-state index in [0.29, 0.717) is 0 Å². The summed E-state index contributed by atoms with van der Waals surface area (Å²) in [7, 11) is 0. The van der Waals surface area contributed by atoms with Gasteiger partial charge in [-0.2, -0.15) is 0 Å². The van der Waals surface area contributed by atoms with E-state index in [1.807, 2.05) is 41.5 Å². The van der Waals surface area contributed by atoms with Crippen molar-refractivity contribution in [3.05, 3.63) is 24.3 Å². The minimum atomic E-state index is 1.09. The van der Waals surface area contributed by atoms with Crippen LogP contribution in [-0.2, 0) is 0 Å². The molecule has 0 saturated heterocycles. The summed E-state index contributed by atoms with van der Waals surface area (Å²) in [6.45, 7) is 19.7. The molecule has 0 atom stereocenters. The summed E-state index contributed by atoms with van der Waals surface area (Å²) in [6.07, 6.45) is 2.19. The van der Waals surface area contributed by atoms with Crippen molar-refractivity contribution in [1.82, 2.24) is 0 Å². The van der Waals surface area contributed by atoms with Gasteiger partial charge in [0.1, 0.15) is 0 Å². The molecule has 0 saturated carbocycles. The first-order valence-corrected chi connectivity index (χ1v) is 4.91. The molecule has 0 nitrogen and oxygen atoms in total. The van der Waals surface area contributed by atoms with Gasteiger partial charge < -0.3 is 0 Å². The van der Waals surface area contributed by atoms with Gasteiger partial charge >= 0.3 is 0 Å². The normalized spacial score (nSPS) is 6.83. The van der Waals surface area contributed by atoms with Crippen LogP contribution in [0, 0.1) is 0 Å². The fraction of sp³-hybridized carbons (Fsp3) is 0.667. The molecular formula is C12H26. The summed E-state index contributed by atoms with van der Waals surface area (Å²) >= 11 is 0. The molecule has 0 aromatic heterocycles. The average Bonchev–Trinajstić information content (AvgIpc) is 2.08. The summed E-state index contributed by atoms with van der Waals surface area (Å²) in [5.74, 6) is 0. The van der Waals surface area contributed by atoms with Crippen molar-refractivity contribution in [1.29, 1.82) is 0 Å². The number of allylic oxidation sites excluding steroid dienone is 2. The zero-order valence-electron chi connectivity index (χ0n) is 9.83. The van der Waals surface area contributed by atoms with E-state index < -0.39 is 0 Å². The average molecular weight is 170 g/mol. The van der Waals surface area contributed by atoms with Gasteiger partial charge in [-0.05, 0) is 26.7 Å². The van der Waals surface area contributed by atoms with Crippen LogP contribution in [0.15, 0.2) is 24.3 Å². The topological polar surface area (TPSA) is 0 Å². The zero-order valence-corrected chi connectivity index (χ0v) is 9.83. The molecule has 74 valence electrons. The second-order valence-corrected chi connectivity index (χ2v) is 2.41. The Labute approximate surface area is 79.4 Å². The summed E-state index contributed by atoms with van der Waals surface area (Å²) in [6, 6.07) is 0. The van der Waals surface area contributed by atoms with Crippen LogP contribution in [0.3, 0.4) is 0 Å². The monoisotopic (exact) mass is 170 g/mol. The highest BCUT2D eigenvalue weighted by molar-refractivity contribution is 4.96. The van der Waals surface area contributed by atoms with E-state index in [0.717, 1.165) is 12.8 Å². The first-order valence-electron chi connectivity index (χ1n) is 4.91. The fourth-order valence-electron chi connectivity index (χ4n) is 0.427. The van der Waals surface area contributed by atoms with E-state index in [4.69, 9.17) is 0 Å². The zero-order chi connectivity index (χ0) is 10.6. The van der Waals surface area contributed by atoms with Crippen molar-refractivity contribution in [2.45, 2.75) is 54.4 Å². The minimum Gasteiger partial charge on any atom is -0.100 e. The third kappa shape index (κ3) is 34.0. The Morgan fingerprint density at radius 1 is 0.750 bits per heavy atom. The molecule has 0 aromatic carbocycles. The van der Waals surface area contributed by atoms with Crippen LogP contribution in [0.25, 0.3) is 0 Å². The van der Waals surface area contributed by atoms with Crippen LogP contribution in [0.5, 0.6) is 0 Å². The summed E-state index contributed by atoms with van der Waals surface area (Å²) in [5.41, 5.74) is 2.49. The molecule has 0 aromatic rings. The van der Waals surface area contributed by atoms with Crippen LogP contribution >= 0.6 is 0 Å². The first-order chi connectivity index (χ1) is 5.63. The Hall–Kier alpha value is -0.520. The fourth-order valence-corrected chi connectivity index (χ4v) is 0.427. The lowest BCUT2D eigenvalue weighted by Gasteiger charge is -1.95. The van der Waals surface area contributed by atoms with Gasteiger partial charge in [-0.3, -0.25) is 0 Å². The molecule has 0 heteroatoms. The molecule has 0 aliphatic carbocycles. The van der Waals surface area contributed by atoms with Gasteiger partial charge in [0.05, 0.1) is 0 Å². The molecule has 0 bridgehead atoms.